The Balaban J connectivity index is 1.23. The number of nitro groups is 1. The summed E-state index contributed by atoms with van der Waals surface area (Å²) in [5, 5.41) is 23.4. The van der Waals surface area contributed by atoms with Crippen molar-refractivity contribution in [3.8, 4) is 0 Å². The van der Waals surface area contributed by atoms with E-state index in [0.29, 0.717) is 30.0 Å². The molecular formula is C25H28N6O3. The maximum Gasteiger partial charge on any atom is 0.320 e. The molecule has 4 bridgehead atoms. The fourth-order valence-corrected chi connectivity index (χ4v) is 6.92. The number of aromatic nitrogens is 4. The van der Waals surface area contributed by atoms with Gasteiger partial charge in [-0.15, -0.1) is 0 Å². The number of hydrogen-bond acceptors (Lipinski definition) is 5. The van der Waals surface area contributed by atoms with Crippen LogP contribution in [0.4, 0.5) is 11.4 Å². The number of aryl methyl sites for hydroxylation is 1. The first kappa shape index (κ1) is 21.1. The summed E-state index contributed by atoms with van der Waals surface area (Å²) in [5.74, 6) is 1.44. The van der Waals surface area contributed by atoms with Gasteiger partial charge in [-0.05, 0) is 74.3 Å². The van der Waals surface area contributed by atoms with E-state index < -0.39 is 10.8 Å². The quantitative estimate of drug-likeness (QED) is 0.430. The highest BCUT2D eigenvalue weighted by Gasteiger charge is 2.53. The second kappa shape index (κ2) is 7.78. The van der Waals surface area contributed by atoms with Gasteiger partial charge in [0.2, 0.25) is 5.69 Å². The SMILES string of the molecule is Cc1ccccc1Cn1cc(NC(=O)c2nn(C34CC5CC(CC(C5)C3)C4)cc2[N+](=O)[O-])cn1. The lowest BCUT2D eigenvalue weighted by Gasteiger charge is -2.56. The first-order valence-electron chi connectivity index (χ1n) is 12.0. The Hall–Kier alpha value is -3.49. The number of nitrogens with zero attached hydrogens (tertiary/aromatic N) is 5. The molecule has 2 aromatic heterocycles. The zero-order chi connectivity index (χ0) is 23.4. The summed E-state index contributed by atoms with van der Waals surface area (Å²) < 4.78 is 3.51. The standard InChI is InChI=1S/C25H28N6O3/c1-16-4-2-3-5-20(16)13-29-14-21(12-26-29)27-24(32)23-22(31(33)34)15-30(28-23)25-9-17-6-18(10-25)8-19(7-17)11-25/h2-5,12,14-15,17-19H,6-11,13H2,1H3,(H,27,32). The zero-order valence-electron chi connectivity index (χ0n) is 19.2. The van der Waals surface area contributed by atoms with E-state index in [2.05, 4.69) is 15.5 Å². The summed E-state index contributed by atoms with van der Waals surface area (Å²) in [7, 11) is 0. The van der Waals surface area contributed by atoms with Gasteiger partial charge in [0.1, 0.15) is 6.20 Å². The molecule has 34 heavy (non-hydrogen) atoms. The summed E-state index contributed by atoms with van der Waals surface area (Å²) in [4.78, 5) is 24.4. The maximum absolute atomic E-state index is 13.1. The lowest BCUT2D eigenvalue weighted by molar-refractivity contribution is -0.385. The Morgan fingerprint density at radius 1 is 1.15 bits per heavy atom. The number of nitrogens with one attached hydrogen (secondary N) is 1. The summed E-state index contributed by atoms with van der Waals surface area (Å²) in [6.07, 6.45) is 11.6. The topological polar surface area (TPSA) is 108 Å². The van der Waals surface area contributed by atoms with E-state index >= 15 is 0 Å². The van der Waals surface area contributed by atoms with Crippen molar-refractivity contribution in [2.75, 3.05) is 5.32 Å². The van der Waals surface area contributed by atoms with Crippen LogP contribution in [0.2, 0.25) is 0 Å². The van der Waals surface area contributed by atoms with Crippen molar-refractivity contribution in [3.05, 3.63) is 69.8 Å². The molecule has 0 aliphatic heterocycles. The van der Waals surface area contributed by atoms with E-state index in [4.69, 9.17) is 0 Å². The molecule has 0 unspecified atom stereocenters. The number of rotatable bonds is 6. The third-order valence-corrected chi connectivity index (χ3v) is 8.08. The van der Waals surface area contributed by atoms with Crippen molar-refractivity contribution in [1.82, 2.24) is 19.6 Å². The first-order chi connectivity index (χ1) is 16.4. The molecule has 1 aromatic carbocycles. The van der Waals surface area contributed by atoms with Crippen LogP contribution >= 0.6 is 0 Å². The Kier molecular flexibility index (Phi) is 4.82. The van der Waals surface area contributed by atoms with Crippen molar-refractivity contribution in [3.63, 3.8) is 0 Å². The van der Waals surface area contributed by atoms with Gasteiger partial charge in [-0.1, -0.05) is 24.3 Å². The van der Waals surface area contributed by atoms with Gasteiger partial charge in [0, 0.05) is 6.20 Å². The van der Waals surface area contributed by atoms with Crippen LogP contribution in [0.25, 0.3) is 0 Å². The average Bonchev–Trinajstić information content (AvgIpc) is 3.42. The Labute approximate surface area is 197 Å². The summed E-state index contributed by atoms with van der Waals surface area (Å²) in [6, 6.07) is 8.05. The van der Waals surface area contributed by atoms with Crippen LogP contribution in [-0.4, -0.2) is 30.4 Å². The van der Waals surface area contributed by atoms with Crippen LogP contribution in [0.3, 0.4) is 0 Å². The van der Waals surface area contributed by atoms with Gasteiger partial charge >= 0.3 is 5.69 Å². The van der Waals surface area contributed by atoms with Crippen molar-refractivity contribution in [1.29, 1.82) is 0 Å². The molecular weight excluding hydrogens is 432 g/mol. The number of carbonyl (C=O) groups excluding carboxylic acids is 1. The lowest BCUT2D eigenvalue weighted by Crippen LogP contribution is -2.52. The maximum atomic E-state index is 13.1. The molecule has 9 nitrogen and oxygen atoms in total. The molecule has 7 rings (SSSR count). The Bertz CT molecular complexity index is 1240. The zero-order valence-corrected chi connectivity index (χ0v) is 19.2. The Morgan fingerprint density at radius 3 is 2.47 bits per heavy atom. The van der Waals surface area contributed by atoms with Crippen LogP contribution < -0.4 is 5.32 Å². The second-order valence-electron chi connectivity index (χ2n) is 10.5. The van der Waals surface area contributed by atoms with Crippen LogP contribution in [0.5, 0.6) is 0 Å². The van der Waals surface area contributed by atoms with Crippen molar-refractivity contribution in [2.24, 2.45) is 17.8 Å². The molecule has 1 N–H and O–H groups in total. The molecule has 3 aromatic rings. The molecule has 4 saturated carbocycles. The normalized spacial score (nSPS) is 27.1. The number of benzene rings is 1. The molecule has 9 heteroatoms. The van der Waals surface area contributed by atoms with Gasteiger partial charge in [0.25, 0.3) is 5.91 Å². The second-order valence-corrected chi connectivity index (χ2v) is 10.5. The molecule has 2 heterocycles. The smallest absolute Gasteiger partial charge is 0.318 e. The van der Waals surface area contributed by atoms with E-state index in [-0.39, 0.29) is 16.9 Å². The van der Waals surface area contributed by atoms with Crippen LogP contribution in [0.1, 0.15) is 60.1 Å². The fourth-order valence-electron chi connectivity index (χ4n) is 6.92. The highest BCUT2D eigenvalue weighted by molar-refractivity contribution is 6.05. The highest BCUT2D eigenvalue weighted by Crippen LogP contribution is 2.58. The van der Waals surface area contributed by atoms with E-state index in [1.807, 2.05) is 31.2 Å². The van der Waals surface area contributed by atoms with E-state index in [1.165, 1.54) is 25.5 Å². The van der Waals surface area contributed by atoms with Gasteiger partial charge in [-0.3, -0.25) is 24.3 Å². The molecule has 0 atom stereocenters. The van der Waals surface area contributed by atoms with Gasteiger partial charge in [0.05, 0.1) is 28.9 Å². The fraction of sp³-hybridized carbons (Fsp3) is 0.480. The van der Waals surface area contributed by atoms with Crippen LogP contribution in [0, 0.1) is 34.8 Å². The Morgan fingerprint density at radius 2 is 1.82 bits per heavy atom. The minimum Gasteiger partial charge on any atom is -0.318 e. The van der Waals surface area contributed by atoms with Crippen molar-refractivity contribution in [2.45, 2.75) is 57.5 Å². The number of hydrogen-bond donors (Lipinski definition) is 1. The molecule has 4 aliphatic carbocycles. The van der Waals surface area contributed by atoms with E-state index in [9.17, 15) is 14.9 Å². The lowest BCUT2D eigenvalue weighted by atomic mass is 9.53. The highest BCUT2D eigenvalue weighted by atomic mass is 16.6. The minimum atomic E-state index is -0.578. The molecule has 0 saturated heterocycles. The predicted octanol–water partition coefficient (Wildman–Crippen LogP) is 4.52. The summed E-state index contributed by atoms with van der Waals surface area (Å²) >= 11 is 0. The largest absolute Gasteiger partial charge is 0.320 e. The van der Waals surface area contributed by atoms with Gasteiger partial charge in [0.15, 0.2) is 0 Å². The van der Waals surface area contributed by atoms with Crippen molar-refractivity contribution >= 4 is 17.3 Å². The monoisotopic (exact) mass is 460 g/mol. The average molecular weight is 461 g/mol. The van der Waals surface area contributed by atoms with Gasteiger partial charge in [-0.25, -0.2) is 0 Å². The van der Waals surface area contributed by atoms with E-state index in [1.54, 1.807) is 21.8 Å². The molecule has 0 spiro atoms. The molecule has 1 amide bonds. The van der Waals surface area contributed by atoms with Crippen molar-refractivity contribution < 1.29 is 9.72 Å². The molecule has 4 aliphatic rings. The molecule has 4 fully saturated rings. The molecule has 0 radical (unpaired) electrons. The van der Waals surface area contributed by atoms with E-state index in [0.717, 1.165) is 30.4 Å². The number of carbonyl (C=O) groups is 1. The predicted molar refractivity (Wildman–Crippen MR) is 125 cm³/mol. The van der Waals surface area contributed by atoms with Crippen LogP contribution in [0.15, 0.2) is 42.9 Å². The summed E-state index contributed by atoms with van der Waals surface area (Å²) in [6.45, 7) is 2.62. The van der Waals surface area contributed by atoms with Gasteiger partial charge in [-0.2, -0.15) is 10.2 Å². The molecule has 176 valence electrons. The first-order valence-corrected chi connectivity index (χ1v) is 12.0. The number of amides is 1. The number of anilines is 1. The third kappa shape index (κ3) is 3.59. The third-order valence-electron chi connectivity index (χ3n) is 8.08. The minimum absolute atomic E-state index is 0.132. The van der Waals surface area contributed by atoms with Gasteiger partial charge < -0.3 is 5.32 Å². The summed E-state index contributed by atoms with van der Waals surface area (Å²) in [5.41, 5.74) is 2.23. The van der Waals surface area contributed by atoms with Crippen LogP contribution in [-0.2, 0) is 12.1 Å².